The monoisotopic (exact) mass is 292 g/mol. The summed E-state index contributed by atoms with van der Waals surface area (Å²) in [5.41, 5.74) is -0.0723. The molecular weight excluding hydrogens is 276 g/mol. The van der Waals surface area contributed by atoms with Crippen LogP contribution in [0.1, 0.15) is 38.2 Å². The van der Waals surface area contributed by atoms with Gasteiger partial charge in [0, 0.05) is 5.02 Å². The van der Waals surface area contributed by atoms with Crippen LogP contribution in [0.4, 0.5) is 5.69 Å². The van der Waals surface area contributed by atoms with Crippen molar-refractivity contribution in [3.63, 3.8) is 0 Å². The van der Waals surface area contributed by atoms with E-state index in [9.17, 15) is 9.90 Å². The van der Waals surface area contributed by atoms with E-state index in [0.717, 1.165) is 12.8 Å². The number of hydrogen-bond acceptors (Lipinski definition) is 3. The normalized spacial score (nSPS) is 25.8. The van der Waals surface area contributed by atoms with E-state index in [1.165, 1.54) is 0 Å². The van der Waals surface area contributed by atoms with Crippen molar-refractivity contribution < 1.29 is 9.90 Å². The summed E-state index contributed by atoms with van der Waals surface area (Å²) in [6.07, 6.45) is 2.87. The molecule has 2 N–H and O–H groups in total. The maximum atomic E-state index is 11.7. The molecule has 0 amide bonds. The minimum Gasteiger partial charge on any atom is -0.480 e. The van der Waals surface area contributed by atoms with Crippen molar-refractivity contribution >= 4 is 23.3 Å². The Labute approximate surface area is 123 Å². The summed E-state index contributed by atoms with van der Waals surface area (Å²) in [5.74, 6) is -0.312. The second-order valence-electron chi connectivity index (χ2n) is 5.50. The fourth-order valence-electron chi connectivity index (χ4n) is 2.62. The molecule has 0 spiro atoms. The number of nitrogens with zero attached hydrogens (tertiary/aromatic N) is 1. The molecule has 4 nitrogen and oxygen atoms in total. The Balaban J connectivity index is 2.30. The van der Waals surface area contributed by atoms with Gasteiger partial charge in [-0.15, -0.1) is 0 Å². The van der Waals surface area contributed by atoms with Crippen molar-refractivity contribution in [2.45, 2.75) is 38.1 Å². The van der Waals surface area contributed by atoms with Crippen LogP contribution in [0.2, 0.25) is 5.02 Å². The number of benzene rings is 1. The van der Waals surface area contributed by atoms with Crippen molar-refractivity contribution in [2.75, 3.05) is 5.32 Å². The third-order valence-electron chi connectivity index (χ3n) is 4.01. The lowest BCUT2D eigenvalue weighted by atomic mass is 9.77. The van der Waals surface area contributed by atoms with Crippen molar-refractivity contribution in [1.29, 1.82) is 5.26 Å². The Hall–Kier alpha value is -1.73. The summed E-state index contributed by atoms with van der Waals surface area (Å²) in [4.78, 5) is 11.7. The molecule has 106 valence electrons. The molecule has 1 fully saturated rings. The Morgan fingerprint density at radius 3 is 2.70 bits per heavy atom. The zero-order valence-corrected chi connectivity index (χ0v) is 12.1. The summed E-state index contributed by atoms with van der Waals surface area (Å²) in [6.45, 7) is 2.13. The fraction of sp³-hybridized carbons (Fsp3) is 0.467. The molecule has 0 bridgehead atoms. The standard InChI is InChI=1S/C15H17ClN2O2/c1-10-4-6-15(7-5-10,14(19)20)18-13-3-2-12(16)8-11(13)9-17/h2-3,8,10,18H,4-7H2,1H3,(H,19,20). The molecule has 2 rings (SSSR count). The predicted octanol–water partition coefficient (Wildman–Crippen LogP) is 3.66. The largest absolute Gasteiger partial charge is 0.480 e. The molecule has 1 aromatic carbocycles. The summed E-state index contributed by atoms with van der Waals surface area (Å²) in [7, 11) is 0. The van der Waals surface area contributed by atoms with Crippen LogP contribution in [0.25, 0.3) is 0 Å². The van der Waals surface area contributed by atoms with Gasteiger partial charge in [0.05, 0.1) is 11.3 Å². The Kier molecular flexibility index (Phi) is 4.20. The van der Waals surface area contributed by atoms with Crippen LogP contribution < -0.4 is 5.32 Å². The molecule has 0 radical (unpaired) electrons. The van der Waals surface area contributed by atoms with Gasteiger partial charge in [-0.2, -0.15) is 5.26 Å². The average molecular weight is 293 g/mol. The van der Waals surface area contributed by atoms with Gasteiger partial charge in [-0.05, 0) is 49.8 Å². The van der Waals surface area contributed by atoms with Crippen LogP contribution in [-0.4, -0.2) is 16.6 Å². The first kappa shape index (κ1) is 14.7. The molecule has 0 atom stereocenters. The minimum absolute atomic E-state index is 0.372. The molecule has 1 saturated carbocycles. The number of anilines is 1. The molecule has 0 saturated heterocycles. The van der Waals surface area contributed by atoms with Crippen LogP contribution in [0.15, 0.2) is 18.2 Å². The van der Waals surface area contributed by atoms with Crippen LogP contribution in [0, 0.1) is 17.2 Å². The quantitative estimate of drug-likeness (QED) is 0.892. The van der Waals surface area contributed by atoms with Gasteiger partial charge in [-0.1, -0.05) is 18.5 Å². The Morgan fingerprint density at radius 2 is 2.15 bits per heavy atom. The second kappa shape index (κ2) is 5.72. The number of halogens is 1. The SMILES string of the molecule is CC1CCC(Nc2ccc(Cl)cc2C#N)(C(=O)O)CC1. The van der Waals surface area contributed by atoms with Crippen LogP contribution >= 0.6 is 11.6 Å². The molecular formula is C15H17ClN2O2. The lowest BCUT2D eigenvalue weighted by Crippen LogP contribution is -2.49. The first-order valence-electron chi connectivity index (χ1n) is 6.68. The highest BCUT2D eigenvalue weighted by atomic mass is 35.5. The summed E-state index contributed by atoms with van der Waals surface area (Å²) < 4.78 is 0. The van der Waals surface area contributed by atoms with Gasteiger partial charge < -0.3 is 10.4 Å². The Morgan fingerprint density at radius 1 is 1.50 bits per heavy atom. The number of carboxylic acid groups (broad SMARTS) is 1. The molecule has 0 unspecified atom stereocenters. The molecule has 0 aromatic heterocycles. The minimum atomic E-state index is -0.980. The van der Waals surface area contributed by atoms with Crippen molar-refractivity contribution in [3.8, 4) is 6.07 Å². The molecule has 1 aromatic rings. The maximum absolute atomic E-state index is 11.7. The molecule has 0 aliphatic heterocycles. The highest BCUT2D eigenvalue weighted by Crippen LogP contribution is 2.36. The molecule has 5 heteroatoms. The van der Waals surface area contributed by atoms with Crippen LogP contribution in [-0.2, 0) is 4.79 Å². The van der Waals surface area contributed by atoms with Gasteiger partial charge in [0.25, 0.3) is 0 Å². The number of rotatable bonds is 3. The first-order chi connectivity index (χ1) is 9.47. The number of nitrogens with one attached hydrogen (secondary N) is 1. The zero-order valence-electron chi connectivity index (χ0n) is 11.3. The highest BCUT2D eigenvalue weighted by molar-refractivity contribution is 6.30. The zero-order chi connectivity index (χ0) is 14.8. The Bertz CT molecular complexity index is 557. The van der Waals surface area contributed by atoms with E-state index in [2.05, 4.69) is 18.3 Å². The average Bonchev–Trinajstić information content (AvgIpc) is 2.43. The molecule has 1 aliphatic carbocycles. The van der Waals surface area contributed by atoms with Gasteiger partial charge in [0.15, 0.2) is 0 Å². The van der Waals surface area contributed by atoms with Gasteiger partial charge >= 0.3 is 5.97 Å². The smallest absolute Gasteiger partial charge is 0.329 e. The number of carboxylic acids is 1. The first-order valence-corrected chi connectivity index (χ1v) is 7.06. The highest BCUT2D eigenvalue weighted by Gasteiger charge is 2.41. The molecule has 20 heavy (non-hydrogen) atoms. The van der Waals surface area contributed by atoms with E-state index in [0.29, 0.717) is 35.0 Å². The van der Waals surface area contributed by atoms with Gasteiger partial charge in [-0.3, -0.25) is 0 Å². The van der Waals surface area contributed by atoms with Crippen molar-refractivity contribution in [2.24, 2.45) is 5.92 Å². The number of aliphatic carboxylic acids is 1. The van der Waals surface area contributed by atoms with Gasteiger partial charge in [0.2, 0.25) is 0 Å². The van der Waals surface area contributed by atoms with E-state index in [4.69, 9.17) is 16.9 Å². The predicted molar refractivity (Wildman–Crippen MR) is 77.8 cm³/mol. The van der Waals surface area contributed by atoms with E-state index < -0.39 is 11.5 Å². The van der Waals surface area contributed by atoms with E-state index in [-0.39, 0.29) is 0 Å². The lowest BCUT2D eigenvalue weighted by Gasteiger charge is -2.37. The summed E-state index contributed by atoms with van der Waals surface area (Å²) in [5, 5.41) is 22.3. The fourth-order valence-corrected chi connectivity index (χ4v) is 2.80. The molecule has 0 heterocycles. The topological polar surface area (TPSA) is 73.1 Å². The third-order valence-corrected chi connectivity index (χ3v) is 4.25. The van der Waals surface area contributed by atoms with Gasteiger partial charge in [-0.25, -0.2) is 4.79 Å². The lowest BCUT2D eigenvalue weighted by molar-refractivity contribution is -0.143. The molecule has 1 aliphatic rings. The number of hydrogen-bond donors (Lipinski definition) is 2. The van der Waals surface area contributed by atoms with Gasteiger partial charge in [0.1, 0.15) is 11.6 Å². The summed E-state index contributed by atoms with van der Waals surface area (Å²) in [6, 6.07) is 6.93. The second-order valence-corrected chi connectivity index (χ2v) is 5.93. The van der Waals surface area contributed by atoms with Crippen LogP contribution in [0.3, 0.4) is 0 Å². The van der Waals surface area contributed by atoms with E-state index in [1.54, 1.807) is 18.2 Å². The number of carbonyl (C=O) groups is 1. The summed E-state index contributed by atoms with van der Waals surface area (Å²) >= 11 is 5.86. The van der Waals surface area contributed by atoms with E-state index in [1.807, 2.05) is 0 Å². The van der Waals surface area contributed by atoms with Crippen LogP contribution in [0.5, 0.6) is 0 Å². The van der Waals surface area contributed by atoms with Crippen molar-refractivity contribution in [3.05, 3.63) is 28.8 Å². The van der Waals surface area contributed by atoms with Crippen molar-refractivity contribution in [1.82, 2.24) is 0 Å². The maximum Gasteiger partial charge on any atom is 0.329 e. The number of nitriles is 1. The third kappa shape index (κ3) is 2.88. The van der Waals surface area contributed by atoms with E-state index >= 15 is 0 Å².